The number of imidazole rings is 1. The number of thioether (sulfide) groups is 1. The first-order valence-electron chi connectivity index (χ1n) is 6.53. The number of nitrogens with one attached hydrogen (secondary N) is 1. The molecule has 1 amide bonds. The zero-order valence-corrected chi connectivity index (χ0v) is 13.1. The van der Waals surface area contributed by atoms with Gasteiger partial charge in [0.2, 0.25) is 0 Å². The first-order chi connectivity index (χ1) is 11.0. The Morgan fingerprint density at radius 3 is 2.65 bits per heavy atom. The van der Waals surface area contributed by atoms with E-state index in [1.165, 1.54) is 12.1 Å². The van der Waals surface area contributed by atoms with Gasteiger partial charge >= 0.3 is 0 Å². The van der Waals surface area contributed by atoms with Crippen molar-refractivity contribution in [2.45, 2.75) is 10.7 Å². The number of alkyl halides is 2. The van der Waals surface area contributed by atoms with Gasteiger partial charge in [0.05, 0.1) is 0 Å². The van der Waals surface area contributed by atoms with Gasteiger partial charge in [-0.05, 0) is 36.4 Å². The van der Waals surface area contributed by atoms with Crippen LogP contribution in [0, 0.1) is 0 Å². The van der Waals surface area contributed by atoms with Crippen molar-refractivity contribution in [3.8, 4) is 0 Å². The number of amides is 1. The highest BCUT2D eigenvalue weighted by atomic mass is 35.5. The number of aromatic nitrogens is 2. The molecule has 0 fully saturated rings. The summed E-state index contributed by atoms with van der Waals surface area (Å²) in [6.07, 6.45) is 1.69. The zero-order chi connectivity index (χ0) is 16.4. The molecule has 0 saturated carbocycles. The van der Waals surface area contributed by atoms with Crippen molar-refractivity contribution < 1.29 is 13.6 Å². The van der Waals surface area contributed by atoms with E-state index in [4.69, 9.17) is 11.6 Å². The molecular formula is C15H10ClF2N3OS. The normalized spacial score (nSPS) is 11.1. The van der Waals surface area contributed by atoms with E-state index >= 15 is 0 Å². The molecule has 0 spiro atoms. The van der Waals surface area contributed by atoms with Gasteiger partial charge in [-0.2, -0.15) is 8.78 Å². The molecule has 0 atom stereocenters. The maximum absolute atomic E-state index is 12.4. The van der Waals surface area contributed by atoms with Gasteiger partial charge in [-0.3, -0.25) is 9.20 Å². The van der Waals surface area contributed by atoms with E-state index in [1.54, 1.807) is 40.9 Å². The van der Waals surface area contributed by atoms with Crippen molar-refractivity contribution in [2.75, 3.05) is 5.32 Å². The van der Waals surface area contributed by atoms with E-state index in [9.17, 15) is 13.6 Å². The summed E-state index contributed by atoms with van der Waals surface area (Å²) in [7, 11) is 0. The molecule has 3 aromatic rings. The molecule has 0 aliphatic carbocycles. The van der Waals surface area contributed by atoms with Crippen molar-refractivity contribution in [1.82, 2.24) is 9.38 Å². The molecule has 3 rings (SSSR count). The average molecular weight is 354 g/mol. The molecule has 0 aliphatic heterocycles. The fourth-order valence-electron chi connectivity index (χ4n) is 2.08. The topological polar surface area (TPSA) is 46.4 Å². The standard InChI is InChI=1S/C15H10ClF2N3OS/c16-13-12(21-8-2-1-3-11(21)20-13)14(22)19-9-4-6-10(7-5-9)23-15(17)18/h1-8,15H,(H,19,22). The molecule has 4 nitrogen and oxygen atoms in total. The minimum absolute atomic E-state index is 0.0959. The highest BCUT2D eigenvalue weighted by Gasteiger charge is 2.18. The minimum Gasteiger partial charge on any atom is -0.321 e. The molecule has 8 heteroatoms. The van der Waals surface area contributed by atoms with Crippen LogP contribution >= 0.6 is 23.4 Å². The molecule has 0 aliphatic rings. The summed E-state index contributed by atoms with van der Waals surface area (Å²) in [6.45, 7) is 0. The molecule has 2 heterocycles. The van der Waals surface area contributed by atoms with Crippen molar-refractivity contribution in [3.63, 3.8) is 0 Å². The molecule has 0 unspecified atom stereocenters. The van der Waals surface area contributed by atoms with Crippen LogP contribution in [-0.2, 0) is 0 Å². The van der Waals surface area contributed by atoms with E-state index in [0.717, 1.165) is 0 Å². The number of carbonyl (C=O) groups excluding carboxylic acids is 1. The lowest BCUT2D eigenvalue weighted by Crippen LogP contribution is -2.14. The second-order valence-electron chi connectivity index (χ2n) is 4.54. The molecule has 0 saturated heterocycles. The third kappa shape index (κ3) is 3.46. The number of carbonyl (C=O) groups is 1. The number of hydrogen-bond donors (Lipinski definition) is 1. The Hall–Kier alpha value is -2.12. The van der Waals surface area contributed by atoms with Gasteiger partial charge < -0.3 is 5.32 Å². The van der Waals surface area contributed by atoms with Crippen LogP contribution in [0.3, 0.4) is 0 Å². The van der Waals surface area contributed by atoms with Gasteiger partial charge in [-0.15, -0.1) is 0 Å². The Balaban J connectivity index is 1.82. The van der Waals surface area contributed by atoms with E-state index < -0.39 is 11.7 Å². The fraction of sp³-hybridized carbons (Fsp3) is 0.0667. The summed E-state index contributed by atoms with van der Waals surface area (Å²) in [5.41, 5.74) is 1.26. The summed E-state index contributed by atoms with van der Waals surface area (Å²) in [5, 5.41) is 2.77. The van der Waals surface area contributed by atoms with Crippen LogP contribution in [0.4, 0.5) is 14.5 Å². The molecule has 2 aromatic heterocycles. The van der Waals surface area contributed by atoms with Crippen molar-refractivity contribution in [3.05, 3.63) is 59.5 Å². The molecule has 118 valence electrons. The summed E-state index contributed by atoms with van der Waals surface area (Å²) >= 11 is 6.48. The van der Waals surface area contributed by atoms with Gasteiger partial charge in [0.25, 0.3) is 11.7 Å². The number of halogens is 3. The largest absolute Gasteiger partial charge is 0.321 e. The van der Waals surface area contributed by atoms with Crippen LogP contribution in [-0.4, -0.2) is 21.0 Å². The van der Waals surface area contributed by atoms with E-state index in [0.29, 0.717) is 28.0 Å². The molecular weight excluding hydrogens is 344 g/mol. The monoisotopic (exact) mass is 353 g/mol. The van der Waals surface area contributed by atoms with Crippen LogP contribution in [0.25, 0.3) is 5.65 Å². The zero-order valence-electron chi connectivity index (χ0n) is 11.5. The molecule has 1 aromatic carbocycles. The van der Waals surface area contributed by atoms with Crippen LogP contribution in [0.2, 0.25) is 5.15 Å². The number of benzene rings is 1. The van der Waals surface area contributed by atoms with E-state index in [1.807, 2.05) is 0 Å². The Kier molecular flexibility index (Phi) is 4.49. The number of anilines is 1. The predicted octanol–water partition coefficient (Wildman–Crippen LogP) is 4.55. The summed E-state index contributed by atoms with van der Waals surface area (Å²) in [6, 6.07) is 11.4. The molecule has 0 radical (unpaired) electrons. The third-order valence-electron chi connectivity index (χ3n) is 3.04. The molecule has 0 bridgehead atoms. The minimum atomic E-state index is -2.48. The summed E-state index contributed by atoms with van der Waals surface area (Å²) in [4.78, 5) is 16.9. The quantitative estimate of drug-likeness (QED) is 0.700. The van der Waals surface area contributed by atoms with Gasteiger partial charge in [0.1, 0.15) is 5.65 Å². The molecule has 1 N–H and O–H groups in total. The Morgan fingerprint density at radius 2 is 1.96 bits per heavy atom. The highest BCUT2D eigenvalue weighted by Crippen LogP contribution is 2.26. The van der Waals surface area contributed by atoms with Crippen LogP contribution in [0.5, 0.6) is 0 Å². The van der Waals surface area contributed by atoms with Crippen LogP contribution in [0.1, 0.15) is 10.5 Å². The Labute approximate surface area is 139 Å². The Bertz CT molecular complexity index is 852. The van der Waals surface area contributed by atoms with E-state index in [2.05, 4.69) is 10.3 Å². The number of hydrogen-bond acceptors (Lipinski definition) is 3. The fourth-order valence-corrected chi connectivity index (χ4v) is 2.84. The lowest BCUT2D eigenvalue weighted by Gasteiger charge is -2.06. The summed E-state index contributed by atoms with van der Waals surface area (Å²) < 4.78 is 26.1. The lowest BCUT2D eigenvalue weighted by molar-refractivity contribution is 0.102. The highest BCUT2D eigenvalue weighted by molar-refractivity contribution is 7.99. The van der Waals surface area contributed by atoms with Gasteiger partial charge in [0.15, 0.2) is 10.8 Å². The molecule has 23 heavy (non-hydrogen) atoms. The lowest BCUT2D eigenvalue weighted by atomic mass is 10.3. The Morgan fingerprint density at radius 1 is 1.22 bits per heavy atom. The average Bonchev–Trinajstić information content (AvgIpc) is 2.84. The van der Waals surface area contributed by atoms with Gasteiger partial charge in [0, 0.05) is 16.8 Å². The second-order valence-corrected chi connectivity index (χ2v) is 5.96. The van der Waals surface area contributed by atoms with Crippen molar-refractivity contribution in [1.29, 1.82) is 0 Å². The second kappa shape index (κ2) is 6.55. The van der Waals surface area contributed by atoms with Crippen LogP contribution in [0.15, 0.2) is 53.6 Å². The first kappa shape index (κ1) is 15.8. The predicted molar refractivity (Wildman–Crippen MR) is 86.5 cm³/mol. The number of fused-ring (bicyclic) bond motifs is 1. The number of pyridine rings is 1. The maximum atomic E-state index is 12.4. The first-order valence-corrected chi connectivity index (χ1v) is 7.79. The van der Waals surface area contributed by atoms with Crippen LogP contribution < -0.4 is 5.32 Å². The third-order valence-corrected chi connectivity index (χ3v) is 4.03. The number of nitrogens with zero attached hydrogens (tertiary/aromatic N) is 2. The number of rotatable bonds is 4. The SMILES string of the molecule is O=C(Nc1ccc(SC(F)F)cc1)c1c(Cl)nc2ccccn12. The van der Waals surface area contributed by atoms with Gasteiger partial charge in [-0.1, -0.05) is 29.4 Å². The van der Waals surface area contributed by atoms with Crippen molar-refractivity contribution in [2.24, 2.45) is 0 Å². The van der Waals surface area contributed by atoms with Crippen molar-refractivity contribution >= 4 is 40.6 Å². The smallest absolute Gasteiger partial charge is 0.288 e. The maximum Gasteiger partial charge on any atom is 0.288 e. The van der Waals surface area contributed by atoms with Gasteiger partial charge in [-0.25, -0.2) is 4.98 Å². The van der Waals surface area contributed by atoms with E-state index in [-0.39, 0.29) is 10.8 Å². The summed E-state index contributed by atoms with van der Waals surface area (Å²) in [5.74, 6) is -2.91.